The van der Waals surface area contributed by atoms with Gasteiger partial charge in [-0.1, -0.05) is 35.9 Å². The van der Waals surface area contributed by atoms with Crippen LogP contribution in [0.2, 0.25) is 0 Å². The van der Waals surface area contributed by atoms with Crippen LogP contribution >= 0.6 is 0 Å². The molecule has 1 atom stereocenters. The molecule has 0 aliphatic heterocycles. The molecule has 1 aromatic carbocycles. The van der Waals surface area contributed by atoms with E-state index in [1.54, 1.807) is 6.20 Å². The molecule has 17 heavy (non-hydrogen) atoms. The molecule has 0 spiro atoms. The van der Waals surface area contributed by atoms with Gasteiger partial charge in [0.25, 0.3) is 0 Å². The molecule has 1 heterocycles. The molecular formula is C15H17NO. The van der Waals surface area contributed by atoms with E-state index in [0.717, 1.165) is 16.8 Å². The van der Waals surface area contributed by atoms with E-state index in [9.17, 15) is 5.11 Å². The van der Waals surface area contributed by atoms with Gasteiger partial charge in [-0.25, -0.2) is 0 Å². The van der Waals surface area contributed by atoms with Crippen molar-refractivity contribution in [2.75, 3.05) is 0 Å². The highest BCUT2D eigenvalue weighted by atomic mass is 16.3. The van der Waals surface area contributed by atoms with Crippen LogP contribution in [0.3, 0.4) is 0 Å². The van der Waals surface area contributed by atoms with Crippen LogP contribution in [0, 0.1) is 13.8 Å². The summed E-state index contributed by atoms with van der Waals surface area (Å²) in [4.78, 5) is 4.20. The molecule has 1 unspecified atom stereocenters. The predicted octanol–water partition coefficient (Wildman–Crippen LogP) is 2.97. The Hall–Kier alpha value is -1.67. The smallest absolute Gasteiger partial charge is 0.0847 e. The van der Waals surface area contributed by atoms with Crippen molar-refractivity contribution in [3.63, 3.8) is 0 Å². The molecule has 88 valence electrons. The summed E-state index contributed by atoms with van der Waals surface area (Å²) in [5.41, 5.74) is 4.19. The van der Waals surface area contributed by atoms with E-state index in [0.29, 0.717) is 6.42 Å². The summed E-state index contributed by atoms with van der Waals surface area (Å²) in [6, 6.07) is 12.0. The van der Waals surface area contributed by atoms with Crippen molar-refractivity contribution in [2.24, 2.45) is 0 Å². The van der Waals surface area contributed by atoms with Crippen LogP contribution in [-0.2, 0) is 6.42 Å². The molecule has 0 aliphatic rings. The summed E-state index contributed by atoms with van der Waals surface area (Å²) in [5.74, 6) is 0. The second-order valence-electron chi connectivity index (χ2n) is 4.38. The molecule has 1 N–H and O–H groups in total. The van der Waals surface area contributed by atoms with Gasteiger partial charge in [0.15, 0.2) is 0 Å². The largest absolute Gasteiger partial charge is 0.388 e. The molecular weight excluding hydrogens is 210 g/mol. The highest BCUT2D eigenvalue weighted by Crippen LogP contribution is 2.20. The van der Waals surface area contributed by atoms with E-state index in [1.807, 2.05) is 19.1 Å². The number of hydrogen-bond acceptors (Lipinski definition) is 2. The van der Waals surface area contributed by atoms with Crippen LogP contribution in [-0.4, -0.2) is 10.1 Å². The zero-order valence-corrected chi connectivity index (χ0v) is 10.2. The number of aliphatic hydroxyl groups excluding tert-OH is 1. The minimum atomic E-state index is -0.480. The van der Waals surface area contributed by atoms with E-state index >= 15 is 0 Å². The van der Waals surface area contributed by atoms with Gasteiger partial charge in [0.2, 0.25) is 0 Å². The van der Waals surface area contributed by atoms with Crippen LogP contribution in [0.15, 0.2) is 42.6 Å². The number of benzene rings is 1. The third-order valence-electron chi connectivity index (χ3n) is 2.96. The maximum atomic E-state index is 10.2. The fourth-order valence-corrected chi connectivity index (χ4v) is 1.91. The number of nitrogens with zero attached hydrogens (tertiary/aromatic N) is 1. The Labute approximate surface area is 102 Å². The first kappa shape index (κ1) is 11.8. The van der Waals surface area contributed by atoms with Crippen LogP contribution in [0.1, 0.15) is 28.5 Å². The number of aryl methyl sites for hydroxylation is 2. The van der Waals surface area contributed by atoms with Gasteiger partial charge < -0.3 is 5.11 Å². The SMILES string of the molecule is Cc1ccc(CC(O)c2cccnc2C)cc1. The summed E-state index contributed by atoms with van der Waals surface area (Å²) in [6.45, 7) is 3.99. The van der Waals surface area contributed by atoms with Crippen LogP contribution in [0.5, 0.6) is 0 Å². The molecule has 0 amide bonds. The molecule has 0 saturated carbocycles. The summed E-state index contributed by atoms with van der Waals surface area (Å²) < 4.78 is 0. The highest BCUT2D eigenvalue weighted by molar-refractivity contribution is 5.26. The van der Waals surface area contributed by atoms with Crippen molar-refractivity contribution in [1.82, 2.24) is 4.98 Å². The third-order valence-corrected chi connectivity index (χ3v) is 2.96. The average molecular weight is 227 g/mol. The van der Waals surface area contributed by atoms with Crippen molar-refractivity contribution in [3.05, 3.63) is 65.0 Å². The van der Waals surface area contributed by atoms with Crippen LogP contribution in [0.4, 0.5) is 0 Å². The molecule has 2 heteroatoms. The summed E-state index contributed by atoms with van der Waals surface area (Å²) in [6.07, 6.45) is 1.90. The van der Waals surface area contributed by atoms with E-state index in [2.05, 4.69) is 36.2 Å². The first-order valence-corrected chi connectivity index (χ1v) is 5.82. The third kappa shape index (κ3) is 2.92. The molecule has 0 aliphatic carbocycles. The van der Waals surface area contributed by atoms with E-state index < -0.39 is 6.10 Å². The van der Waals surface area contributed by atoms with Gasteiger partial charge >= 0.3 is 0 Å². The first-order valence-electron chi connectivity index (χ1n) is 5.82. The Kier molecular flexibility index (Phi) is 3.55. The summed E-state index contributed by atoms with van der Waals surface area (Å²) >= 11 is 0. The number of rotatable bonds is 3. The Bertz CT molecular complexity index is 491. The van der Waals surface area contributed by atoms with Crippen molar-refractivity contribution in [3.8, 4) is 0 Å². The maximum absolute atomic E-state index is 10.2. The minimum absolute atomic E-state index is 0.480. The fourth-order valence-electron chi connectivity index (χ4n) is 1.91. The van der Waals surface area contributed by atoms with E-state index in [1.165, 1.54) is 5.56 Å². The summed E-state index contributed by atoms with van der Waals surface area (Å²) in [7, 11) is 0. The Morgan fingerprint density at radius 2 is 1.82 bits per heavy atom. The maximum Gasteiger partial charge on any atom is 0.0847 e. The van der Waals surface area contributed by atoms with Gasteiger partial charge in [0.1, 0.15) is 0 Å². The molecule has 0 saturated heterocycles. The molecule has 0 fully saturated rings. The quantitative estimate of drug-likeness (QED) is 0.874. The second kappa shape index (κ2) is 5.11. The van der Waals surface area contributed by atoms with E-state index in [-0.39, 0.29) is 0 Å². The second-order valence-corrected chi connectivity index (χ2v) is 4.38. The van der Waals surface area contributed by atoms with E-state index in [4.69, 9.17) is 0 Å². The standard InChI is InChI=1S/C15H17NO/c1-11-5-7-13(8-6-11)10-15(17)14-4-3-9-16-12(14)2/h3-9,15,17H,10H2,1-2H3. The van der Waals surface area contributed by atoms with Crippen molar-refractivity contribution < 1.29 is 5.11 Å². The molecule has 0 bridgehead atoms. The van der Waals surface area contributed by atoms with Crippen molar-refractivity contribution in [1.29, 1.82) is 0 Å². The lowest BCUT2D eigenvalue weighted by Gasteiger charge is -2.13. The normalized spacial score (nSPS) is 12.4. The molecule has 2 aromatic rings. The monoisotopic (exact) mass is 227 g/mol. The van der Waals surface area contributed by atoms with Gasteiger partial charge in [-0.2, -0.15) is 0 Å². The first-order chi connectivity index (χ1) is 8.16. The van der Waals surface area contributed by atoms with Gasteiger partial charge in [-0.05, 0) is 25.5 Å². The predicted molar refractivity (Wildman–Crippen MR) is 68.8 cm³/mol. The number of hydrogen-bond donors (Lipinski definition) is 1. The molecule has 0 radical (unpaired) electrons. The Morgan fingerprint density at radius 1 is 1.12 bits per heavy atom. The van der Waals surface area contributed by atoms with Crippen LogP contribution in [0.25, 0.3) is 0 Å². The number of aromatic nitrogens is 1. The Balaban J connectivity index is 2.14. The van der Waals surface area contributed by atoms with Gasteiger partial charge in [0, 0.05) is 23.9 Å². The summed E-state index contributed by atoms with van der Waals surface area (Å²) in [5, 5.41) is 10.2. The zero-order valence-electron chi connectivity index (χ0n) is 10.2. The number of aliphatic hydroxyl groups is 1. The van der Waals surface area contributed by atoms with Crippen LogP contribution < -0.4 is 0 Å². The molecule has 2 nitrogen and oxygen atoms in total. The zero-order chi connectivity index (χ0) is 12.3. The van der Waals surface area contributed by atoms with Crippen molar-refractivity contribution in [2.45, 2.75) is 26.4 Å². The van der Waals surface area contributed by atoms with Gasteiger partial charge in [-0.15, -0.1) is 0 Å². The minimum Gasteiger partial charge on any atom is -0.388 e. The average Bonchev–Trinajstić information content (AvgIpc) is 2.32. The van der Waals surface area contributed by atoms with Gasteiger partial charge in [0.05, 0.1) is 6.10 Å². The van der Waals surface area contributed by atoms with Gasteiger partial charge in [-0.3, -0.25) is 4.98 Å². The lowest BCUT2D eigenvalue weighted by Crippen LogP contribution is -2.04. The Morgan fingerprint density at radius 3 is 2.47 bits per heavy atom. The highest BCUT2D eigenvalue weighted by Gasteiger charge is 2.11. The topological polar surface area (TPSA) is 33.1 Å². The lowest BCUT2D eigenvalue weighted by atomic mass is 10.00. The molecule has 2 rings (SSSR count). The number of pyridine rings is 1. The molecule has 1 aromatic heterocycles. The van der Waals surface area contributed by atoms with Crippen molar-refractivity contribution >= 4 is 0 Å². The fraction of sp³-hybridized carbons (Fsp3) is 0.267. The lowest BCUT2D eigenvalue weighted by molar-refractivity contribution is 0.177.